The van der Waals surface area contributed by atoms with Crippen LogP contribution in [0.1, 0.15) is 28.5 Å². The molecule has 2 amide bonds. The highest BCUT2D eigenvalue weighted by molar-refractivity contribution is 7.14. The van der Waals surface area contributed by atoms with Gasteiger partial charge in [0, 0.05) is 23.6 Å². The van der Waals surface area contributed by atoms with Crippen LogP contribution in [0.4, 0.5) is 10.8 Å². The van der Waals surface area contributed by atoms with Crippen molar-refractivity contribution < 1.29 is 9.59 Å². The molecular weight excluding hydrogens is 446 g/mol. The lowest BCUT2D eigenvalue weighted by Gasteiger charge is -2.04. The Morgan fingerprint density at radius 1 is 1.06 bits per heavy atom. The number of amides is 2. The van der Waals surface area contributed by atoms with Crippen molar-refractivity contribution in [3.8, 4) is 11.3 Å². The van der Waals surface area contributed by atoms with Crippen LogP contribution in [0, 0.1) is 6.92 Å². The van der Waals surface area contributed by atoms with Crippen molar-refractivity contribution in [2.45, 2.75) is 20.4 Å². The molecular formula is C23H20ClN5O2S. The number of carbonyl (C=O) groups excluding carboxylic acids is 2. The van der Waals surface area contributed by atoms with Gasteiger partial charge in [-0.25, -0.2) is 9.67 Å². The second kappa shape index (κ2) is 9.33. The highest BCUT2D eigenvalue weighted by Crippen LogP contribution is 2.28. The molecule has 4 aromatic rings. The van der Waals surface area contributed by atoms with Crippen molar-refractivity contribution in [2.75, 3.05) is 10.6 Å². The highest BCUT2D eigenvalue weighted by Gasteiger charge is 2.21. The third kappa shape index (κ3) is 4.87. The molecule has 2 N–H and O–H groups in total. The van der Waals surface area contributed by atoms with Crippen LogP contribution >= 0.6 is 22.9 Å². The van der Waals surface area contributed by atoms with Gasteiger partial charge in [-0.1, -0.05) is 54.1 Å². The van der Waals surface area contributed by atoms with E-state index in [-0.39, 0.29) is 17.0 Å². The van der Waals surface area contributed by atoms with Gasteiger partial charge in [0.1, 0.15) is 5.15 Å². The summed E-state index contributed by atoms with van der Waals surface area (Å²) in [5, 5.41) is 12.6. The molecule has 162 valence electrons. The smallest absolute Gasteiger partial charge is 0.262 e. The lowest BCUT2D eigenvalue weighted by Crippen LogP contribution is -2.13. The molecule has 9 heteroatoms. The van der Waals surface area contributed by atoms with Crippen LogP contribution in [0.2, 0.25) is 5.15 Å². The van der Waals surface area contributed by atoms with E-state index in [0.717, 1.165) is 16.8 Å². The lowest BCUT2D eigenvalue weighted by molar-refractivity contribution is -0.114. The van der Waals surface area contributed by atoms with Crippen molar-refractivity contribution >= 4 is 45.6 Å². The molecule has 32 heavy (non-hydrogen) atoms. The second-order valence-electron chi connectivity index (χ2n) is 7.15. The third-order valence-corrected chi connectivity index (χ3v) is 5.84. The summed E-state index contributed by atoms with van der Waals surface area (Å²) in [7, 11) is 0. The lowest BCUT2D eigenvalue weighted by atomic mass is 10.1. The Labute approximate surface area is 194 Å². The predicted molar refractivity (Wildman–Crippen MR) is 127 cm³/mol. The molecule has 0 spiro atoms. The van der Waals surface area contributed by atoms with Crippen LogP contribution in [-0.4, -0.2) is 26.6 Å². The third-order valence-electron chi connectivity index (χ3n) is 4.69. The van der Waals surface area contributed by atoms with Crippen molar-refractivity contribution in [3.05, 3.63) is 82.0 Å². The van der Waals surface area contributed by atoms with Crippen LogP contribution in [0.15, 0.2) is 60.0 Å². The molecule has 0 aliphatic rings. The van der Waals surface area contributed by atoms with E-state index in [1.807, 2.05) is 47.8 Å². The Bertz CT molecular complexity index is 1270. The van der Waals surface area contributed by atoms with E-state index in [9.17, 15) is 9.59 Å². The first kappa shape index (κ1) is 21.7. The minimum absolute atomic E-state index is 0.127. The number of halogens is 1. The van der Waals surface area contributed by atoms with Gasteiger partial charge in [0.15, 0.2) is 5.13 Å². The van der Waals surface area contributed by atoms with Crippen LogP contribution in [0.5, 0.6) is 0 Å². The molecule has 2 aromatic heterocycles. The molecule has 0 atom stereocenters. The van der Waals surface area contributed by atoms with Gasteiger partial charge >= 0.3 is 0 Å². The van der Waals surface area contributed by atoms with Gasteiger partial charge in [-0.15, -0.1) is 11.3 Å². The van der Waals surface area contributed by atoms with Crippen molar-refractivity contribution in [1.29, 1.82) is 0 Å². The van der Waals surface area contributed by atoms with Crippen LogP contribution < -0.4 is 10.6 Å². The zero-order valence-electron chi connectivity index (χ0n) is 17.4. The molecule has 0 unspecified atom stereocenters. The molecule has 0 saturated carbocycles. The number of benzene rings is 2. The largest absolute Gasteiger partial charge is 0.326 e. The molecule has 0 aliphatic heterocycles. The summed E-state index contributed by atoms with van der Waals surface area (Å²) in [6.45, 7) is 3.69. The maximum absolute atomic E-state index is 12.9. The summed E-state index contributed by atoms with van der Waals surface area (Å²) in [5.74, 6) is -0.480. The molecule has 0 saturated heterocycles. The average molecular weight is 466 g/mol. The first-order valence-electron chi connectivity index (χ1n) is 9.82. The van der Waals surface area contributed by atoms with E-state index in [2.05, 4.69) is 20.7 Å². The van der Waals surface area contributed by atoms with Crippen molar-refractivity contribution in [1.82, 2.24) is 14.8 Å². The first-order valence-corrected chi connectivity index (χ1v) is 11.1. The van der Waals surface area contributed by atoms with Crippen LogP contribution in [0.25, 0.3) is 11.3 Å². The van der Waals surface area contributed by atoms with Gasteiger partial charge in [0.2, 0.25) is 5.91 Å². The molecule has 7 nitrogen and oxygen atoms in total. The Morgan fingerprint density at radius 3 is 2.47 bits per heavy atom. The van der Waals surface area contributed by atoms with Crippen molar-refractivity contribution in [2.24, 2.45) is 0 Å². The monoisotopic (exact) mass is 465 g/mol. The van der Waals surface area contributed by atoms with Gasteiger partial charge in [0.25, 0.3) is 5.91 Å². The summed E-state index contributed by atoms with van der Waals surface area (Å²) in [6.07, 6.45) is 0. The molecule has 4 rings (SSSR count). The number of nitrogens with zero attached hydrogens (tertiary/aromatic N) is 3. The fourth-order valence-corrected chi connectivity index (χ4v) is 4.26. The minimum atomic E-state index is -0.353. The van der Waals surface area contributed by atoms with Gasteiger partial charge < -0.3 is 5.32 Å². The van der Waals surface area contributed by atoms with E-state index in [1.165, 1.54) is 18.3 Å². The summed E-state index contributed by atoms with van der Waals surface area (Å²) in [5.41, 5.74) is 4.23. The Morgan fingerprint density at radius 2 is 1.78 bits per heavy atom. The number of carbonyl (C=O) groups is 2. The summed E-state index contributed by atoms with van der Waals surface area (Å²) in [6, 6.07) is 17.1. The van der Waals surface area contributed by atoms with Crippen LogP contribution in [0.3, 0.4) is 0 Å². The molecule has 0 aliphatic carbocycles. The first-order chi connectivity index (χ1) is 15.4. The number of hydrogen-bond donors (Lipinski definition) is 2. The van der Waals surface area contributed by atoms with Gasteiger partial charge in [-0.3, -0.25) is 14.9 Å². The zero-order chi connectivity index (χ0) is 22.7. The van der Waals surface area contributed by atoms with E-state index >= 15 is 0 Å². The Balaban J connectivity index is 1.48. The molecule has 2 aromatic carbocycles. The SMILES string of the molecule is CC(=O)Nc1ccc(-c2csc(NC(=O)c3c(C)nn(Cc4ccccc4)c3Cl)n2)cc1. The van der Waals surface area contributed by atoms with Gasteiger partial charge in [-0.2, -0.15) is 5.10 Å². The number of anilines is 2. The number of rotatable bonds is 6. The minimum Gasteiger partial charge on any atom is -0.326 e. The van der Waals surface area contributed by atoms with Crippen molar-refractivity contribution in [3.63, 3.8) is 0 Å². The number of thiazole rings is 1. The fourth-order valence-electron chi connectivity index (χ4n) is 3.22. The zero-order valence-corrected chi connectivity index (χ0v) is 19.0. The summed E-state index contributed by atoms with van der Waals surface area (Å²) in [4.78, 5) is 28.5. The summed E-state index contributed by atoms with van der Waals surface area (Å²) >= 11 is 7.81. The summed E-state index contributed by atoms with van der Waals surface area (Å²) < 4.78 is 1.62. The number of aryl methyl sites for hydroxylation is 1. The molecule has 0 bridgehead atoms. The second-order valence-corrected chi connectivity index (χ2v) is 8.36. The number of aromatic nitrogens is 3. The van der Waals surface area contributed by atoms with Crippen LogP contribution in [-0.2, 0) is 11.3 Å². The highest BCUT2D eigenvalue weighted by atomic mass is 35.5. The fraction of sp³-hybridized carbons (Fsp3) is 0.130. The maximum Gasteiger partial charge on any atom is 0.262 e. The van der Waals surface area contributed by atoms with E-state index in [0.29, 0.717) is 28.6 Å². The number of hydrogen-bond acceptors (Lipinski definition) is 5. The van der Waals surface area contributed by atoms with E-state index in [1.54, 1.807) is 23.7 Å². The predicted octanol–water partition coefficient (Wildman–Crippen LogP) is 5.23. The van der Waals surface area contributed by atoms with Gasteiger partial charge in [0.05, 0.1) is 23.5 Å². The van der Waals surface area contributed by atoms with Gasteiger partial charge in [-0.05, 0) is 24.6 Å². The van der Waals surface area contributed by atoms with E-state index in [4.69, 9.17) is 11.6 Å². The maximum atomic E-state index is 12.9. The standard InChI is InChI=1S/C23H20ClN5O2S/c1-14-20(21(24)29(28-14)12-16-6-4-3-5-7-16)22(31)27-23-26-19(13-32-23)17-8-10-18(11-9-17)25-15(2)30/h3-11,13H,12H2,1-2H3,(H,25,30)(H,26,27,31). The molecule has 2 heterocycles. The average Bonchev–Trinajstić information content (AvgIpc) is 3.33. The Kier molecular flexibility index (Phi) is 6.34. The Hall–Kier alpha value is -3.49. The molecule has 0 fully saturated rings. The quantitative estimate of drug-likeness (QED) is 0.408. The number of nitrogens with one attached hydrogen (secondary N) is 2. The normalized spacial score (nSPS) is 10.7. The molecule has 0 radical (unpaired) electrons. The topological polar surface area (TPSA) is 88.9 Å². The van der Waals surface area contributed by atoms with E-state index < -0.39 is 0 Å².